The molecule has 2 rings (SSSR count). The maximum atomic E-state index is 11.6. The normalized spacial score (nSPS) is 12.1. The van der Waals surface area contributed by atoms with E-state index in [2.05, 4.69) is 20.4 Å². The van der Waals surface area contributed by atoms with Crippen molar-refractivity contribution in [2.45, 2.75) is 25.8 Å². The Morgan fingerprint density at radius 1 is 1.53 bits per heavy atom. The van der Waals surface area contributed by atoms with Gasteiger partial charge in [-0.3, -0.25) is 4.79 Å². The van der Waals surface area contributed by atoms with Crippen LogP contribution in [0.25, 0.3) is 5.82 Å². The van der Waals surface area contributed by atoms with Gasteiger partial charge < -0.3 is 11.1 Å². The van der Waals surface area contributed by atoms with Gasteiger partial charge in [0, 0.05) is 12.5 Å². The molecule has 0 aromatic carbocycles. The lowest BCUT2D eigenvalue weighted by Gasteiger charge is -2.09. The van der Waals surface area contributed by atoms with Gasteiger partial charge in [-0.05, 0) is 18.6 Å². The number of nitrogens with two attached hydrogens (primary N) is 1. The highest BCUT2D eigenvalue weighted by Gasteiger charge is 2.08. The predicted molar refractivity (Wildman–Crippen MR) is 70.7 cm³/mol. The summed E-state index contributed by atoms with van der Waals surface area (Å²) >= 11 is 0. The average Bonchev–Trinajstić information content (AvgIpc) is 2.93. The molecule has 0 spiro atoms. The number of carbonyl (C=O) groups excluding carboxylic acids is 1. The van der Waals surface area contributed by atoms with Crippen LogP contribution < -0.4 is 11.1 Å². The van der Waals surface area contributed by atoms with Crippen LogP contribution >= 0.6 is 0 Å². The zero-order valence-electron chi connectivity index (χ0n) is 10.7. The Balaban J connectivity index is 1.97. The number of nitrogens with one attached hydrogen (secondary N) is 1. The first kappa shape index (κ1) is 13.2. The monoisotopic (exact) mass is 260 g/mol. The number of hydrogen-bond donors (Lipinski definition) is 2. The molecule has 0 saturated heterocycles. The summed E-state index contributed by atoms with van der Waals surface area (Å²) in [7, 11) is 0. The van der Waals surface area contributed by atoms with Crippen molar-refractivity contribution in [1.29, 1.82) is 0 Å². The highest BCUT2D eigenvalue weighted by atomic mass is 16.1. The molecule has 100 valence electrons. The average molecular weight is 260 g/mol. The fourth-order valence-electron chi connectivity index (χ4n) is 1.52. The number of carbonyl (C=O) groups is 1. The summed E-state index contributed by atoms with van der Waals surface area (Å²) < 4.78 is 1.54. The van der Waals surface area contributed by atoms with Gasteiger partial charge >= 0.3 is 0 Å². The van der Waals surface area contributed by atoms with Gasteiger partial charge in [-0.25, -0.2) is 14.6 Å². The Morgan fingerprint density at radius 3 is 2.95 bits per heavy atom. The van der Waals surface area contributed by atoms with Crippen LogP contribution in [0, 0.1) is 0 Å². The molecule has 2 aromatic heterocycles. The number of nitrogens with zero attached hydrogens (tertiary/aromatic N) is 4. The van der Waals surface area contributed by atoms with Gasteiger partial charge in [0.25, 0.3) is 0 Å². The van der Waals surface area contributed by atoms with Crippen molar-refractivity contribution >= 4 is 11.6 Å². The molecule has 0 aliphatic heterocycles. The van der Waals surface area contributed by atoms with Crippen LogP contribution in [0.4, 0.5) is 5.69 Å². The van der Waals surface area contributed by atoms with Crippen LogP contribution in [0.3, 0.4) is 0 Å². The molecule has 1 atom stereocenters. The fraction of sp³-hybridized carbons (Fsp3) is 0.333. The highest BCUT2D eigenvalue weighted by molar-refractivity contribution is 5.90. The van der Waals surface area contributed by atoms with Gasteiger partial charge in [-0.2, -0.15) is 5.10 Å². The van der Waals surface area contributed by atoms with Crippen LogP contribution in [0.1, 0.15) is 19.8 Å². The molecule has 7 heteroatoms. The van der Waals surface area contributed by atoms with E-state index in [1.807, 2.05) is 6.92 Å². The number of anilines is 1. The number of hydrogen-bond acceptors (Lipinski definition) is 5. The van der Waals surface area contributed by atoms with Crippen molar-refractivity contribution in [3.8, 4) is 5.82 Å². The molecule has 1 unspecified atom stereocenters. The highest BCUT2D eigenvalue weighted by Crippen LogP contribution is 2.09. The van der Waals surface area contributed by atoms with Crippen molar-refractivity contribution < 1.29 is 4.79 Å². The molecule has 0 aliphatic rings. The third kappa shape index (κ3) is 3.59. The lowest BCUT2D eigenvalue weighted by Crippen LogP contribution is -2.26. The number of pyridine rings is 1. The second-order valence-electron chi connectivity index (χ2n) is 4.17. The first-order valence-electron chi connectivity index (χ1n) is 6.05. The molecule has 0 radical (unpaired) electrons. The molecular weight excluding hydrogens is 244 g/mol. The molecule has 2 aromatic rings. The third-order valence-corrected chi connectivity index (χ3v) is 2.66. The molecule has 19 heavy (non-hydrogen) atoms. The predicted octanol–water partition coefficient (Wildman–Crippen LogP) is 0.728. The smallest absolute Gasteiger partial charge is 0.225 e. The van der Waals surface area contributed by atoms with Crippen molar-refractivity contribution in [2.75, 3.05) is 5.32 Å². The van der Waals surface area contributed by atoms with Gasteiger partial charge in [-0.15, -0.1) is 0 Å². The second kappa shape index (κ2) is 6.05. The summed E-state index contributed by atoms with van der Waals surface area (Å²) in [6.45, 7) is 1.95. The summed E-state index contributed by atoms with van der Waals surface area (Å²) in [5.74, 6) is 0.533. The molecule has 1 amide bonds. The Bertz CT molecular complexity index is 522. The van der Waals surface area contributed by atoms with Crippen LogP contribution in [0.15, 0.2) is 31.0 Å². The first-order chi connectivity index (χ1) is 9.19. The van der Waals surface area contributed by atoms with Crippen molar-refractivity contribution in [2.24, 2.45) is 5.73 Å². The molecule has 0 aliphatic carbocycles. The van der Waals surface area contributed by atoms with Crippen LogP contribution in [0.5, 0.6) is 0 Å². The number of amides is 1. The van der Waals surface area contributed by atoms with Crippen LogP contribution in [-0.4, -0.2) is 31.7 Å². The Kier molecular flexibility index (Phi) is 4.19. The van der Waals surface area contributed by atoms with Gasteiger partial charge in [0.05, 0.1) is 11.9 Å². The molecule has 0 saturated carbocycles. The standard InChI is InChI=1S/C12H16N6O/c1-2-9(13)5-12(19)17-10-3-4-11(15-6-10)18-8-14-7-16-18/h3-4,6-9H,2,5,13H2,1H3,(H,17,19). The van der Waals surface area contributed by atoms with Gasteiger partial charge in [-0.1, -0.05) is 6.92 Å². The lowest BCUT2D eigenvalue weighted by molar-refractivity contribution is -0.116. The maximum absolute atomic E-state index is 11.6. The Labute approximate surface area is 110 Å². The number of rotatable bonds is 5. The molecule has 2 heterocycles. The molecule has 0 bridgehead atoms. The van der Waals surface area contributed by atoms with Crippen molar-refractivity contribution in [3.05, 3.63) is 31.0 Å². The van der Waals surface area contributed by atoms with E-state index >= 15 is 0 Å². The second-order valence-corrected chi connectivity index (χ2v) is 4.17. The largest absolute Gasteiger partial charge is 0.327 e. The van der Waals surface area contributed by atoms with Crippen molar-refractivity contribution in [1.82, 2.24) is 19.7 Å². The summed E-state index contributed by atoms with van der Waals surface area (Å²) in [6, 6.07) is 3.41. The zero-order valence-corrected chi connectivity index (χ0v) is 10.7. The van der Waals surface area contributed by atoms with Gasteiger partial charge in [0.2, 0.25) is 5.91 Å². The Morgan fingerprint density at radius 2 is 2.37 bits per heavy atom. The minimum atomic E-state index is -0.109. The van der Waals surface area contributed by atoms with E-state index < -0.39 is 0 Å². The molecule has 0 fully saturated rings. The van der Waals surface area contributed by atoms with E-state index in [0.29, 0.717) is 17.9 Å². The summed E-state index contributed by atoms with van der Waals surface area (Å²) in [5.41, 5.74) is 6.36. The Hall–Kier alpha value is -2.28. The minimum Gasteiger partial charge on any atom is -0.327 e. The van der Waals surface area contributed by atoms with Crippen LogP contribution in [-0.2, 0) is 4.79 Å². The molecule has 3 N–H and O–H groups in total. The quantitative estimate of drug-likeness (QED) is 0.825. The maximum Gasteiger partial charge on any atom is 0.225 e. The van der Waals surface area contributed by atoms with E-state index in [0.717, 1.165) is 6.42 Å². The van der Waals surface area contributed by atoms with E-state index in [-0.39, 0.29) is 11.9 Å². The fourth-order valence-corrected chi connectivity index (χ4v) is 1.52. The SMILES string of the molecule is CCC(N)CC(=O)Nc1ccc(-n2cncn2)nc1. The summed E-state index contributed by atoms with van der Waals surface area (Å²) in [4.78, 5) is 19.7. The van der Waals surface area contributed by atoms with Crippen LogP contribution in [0.2, 0.25) is 0 Å². The van der Waals surface area contributed by atoms with Gasteiger partial charge in [0.1, 0.15) is 12.7 Å². The van der Waals surface area contributed by atoms with E-state index in [1.54, 1.807) is 29.3 Å². The topological polar surface area (TPSA) is 98.7 Å². The molecule has 7 nitrogen and oxygen atoms in total. The first-order valence-corrected chi connectivity index (χ1v) is 6.05. The van der Waals surface area contributed by atoms with E-state index in [9.17, 15) is 4.79 Å². The minimum absolute atomic E-state index is 0.107. The lowest BCUT2D eigenvalue weighted by atomic mass is 10.1. The number of aromatic nitrogens is 4. The van der Waals surface area contributed by atoms with E-state index in [4.69, 9.17) is 5.73 Å². The van der Waals surface area contributed by atoms with Crippen molar-refractivity contribution in [3.63, 3.8) is 0 Å². The summed E-state index contributed by atoms with van der Waals surface area (Å²) in [6.07, 6.45) is 5.65. The zero-order chi connectivity index (χ0) is 13.7. The summed E-state index contributed by atoms with van der Waals surface area (Å²) in [5, 5.41) is 6.72. The molecular formula is C12H16N6O. The van der Waals surface area contributed by atoms with E-state index in [1.165, 1.54) is 6.33 Å². The van der Waals surface area contributed by atoms with Gasteiger partial charge in [0.15, 0.2) is 5.82 Å². The third-order valence-electron chi connectivity index (χ3n) is 2.66.